The third-order valence-electron chi connectivity index (χ3n) is 4.77. The number of hydrogen-bond acceptors (Lipinski definition) is 6. The summed E-state index contributed by atoms with van der Waals surface area (Å²) in [7, 11) is 1.44. The van der Waals surface area contributed by atoms with Crippen molar-refractivity contribution in [2.75, 3.05) is 13.7 Å². The van der Waals surface area contributed by atoms with E-state index < -0.39 is 0 Å². The quantitative estimate of drug-likeness (QED) is 0.816. The van der Waals surface area contributed by atoms with Crippen LogP contribution in [0.5, 0.6) is 5.75 Å². The van der Waals surface area contributed by atoms with Crippen molar-refractivity contribution in [2.24, 2.45) is 0 Å². The zero-order valence-corrected chi connectivity index (χ0v) is 14.1. The first kappa shape index (κ1) is 15.9. The van der Waals surface area contributed by atoms with Gasteiger partial charge in [0.25, 0.3) is 5.56 Å². The molecule has 1 saturated heterocycles. The Morgan fingerprint density at radius 1 is 1.40 bits per heavy atom. The van der Waals surface area contributed by atoms with Crippen molar-refractivity contribution in [3.63, 3.8) is 0 Å². The van der Waals surface area contributed by atoms with Crippen LogP contribution in [0.2, 0.25) is 0 Å². The predicted octanol–water partition coefficient (Wildman–Crippen LogP) is 1.48. The maximum atomic E-state index is 12.7. The zero-order valence-electron chi connectivity index (χ0n) is 14.1. The van der Waals surface area contributed by atoms with Gasteiger partial charge in [0.05, 0.1) is 7.11 Å². The number of aromatic nitrogens is 3. The van der Waals surface area contributed by atoms with Crippen molar-refractivity contribution in [3.05, 3.63) is 40.4 Å². The Morgan fingerprint density at radius 2 is 2.24 bits per heavy atom. The second kappa shape index (κ2) is 6.34. The number of likely N-dealkylation sites (tertiary alicyclic amines) is 1. The molecule has 1 aliphatic heterocycles. The van der Waals surface area contributed by atoms with E-state index in [1.165, 1.54) is 11.7 Å². The van der Waals surface area contributed by atoms with Gasteiger partial charge in [0, 0.05) is 18.7 Å². The average Bonchev–Trinajstić information content (AvgIpc) is 3.15. The molecule has 3 heterocycles. The first-order chi connectivity index (χ1) is 12.2. The first-order valence-electron chi connectivity index (χ1n) is 8.54. The van der Waals surface area contributed by atoms with Crippen LogP contribution in [0.25, 0.3) is 0 Å². The summed E-state index contributed by atoms with van der Waals surface area (Å²) in [4.78, 5) is 31.2. The highest BCUT2D eigenvalue weighted by Crippen LogP contribution is 2.39. The van der Waals surface area contributed by atoms with Gasteiger partial charge in [0.2, 0.25) is 11.8 Å². The van der Waals surface area contributed by atoms with Crippen molar-refractivity contribution in [1.29, 1.82) is 0 Å². The molecule has 8 heteroatoms. The first-order valence-corrected chi connectivity index (χ1v) is 8.54. The summed E-state index contributed by atoms with van der Waals surface area (Å²) in [6.45, 7) is 0.597. The highest BCUT2D eigenvalue weighted by molar-refractivity contribution is 5.76. The minimum Gasteiger partial charge on any atom is -0.491 e. The van der Waals surface area contributed by atoms with Gasteiger partial charge in [0.15, 0.2) is 11.6 Å². The van der Waals surface area contributed by atoms with Crippen molar-refractivity contribution in [2.45, 2.75) is 44.2 Å². The Bertz CT molecular complexity index is 839. The summed E-state index contributed by atoms with van der Waals surface area (Å²) < 4.78 is 11.8. The van der Waals surface area contributed by atoms with E-state index in [2.05, 4.69) is 10.1 Å². The smallest absolute Gasteiger partial charge is 0.293 e. The average molecular weight is 344 g/mol. The maximum Gasteiger partial charge on any atom is 0.293 e. The number of amides is 1. The van der Waals surface area contributed by atoms with E-state index in [0.29, 0.717) is 18.4 Å². The summed E-state index contributed by atoms with van der Waals surface area (Å²) >= 11 is 0. The monoisotopic (exact) mass is 344 g/mol. The molecule has 0 unspecified atom stereocenters. The molecule has 2 fully saturated rings. The fourth-order valence-electron chi connectivity index (χ4n) is 3.24. The number of rotatable bonds is 5. The molecule has 0 aromatic carbocycles. The van der Waals surface area contributed by atoms with Crippen LogP contribution in [0.3, 0.4) is 0 Å². The van der Waals surface area contributed by atoms with Crippen LogP contribution in [0.4, 0.5) is 0 Å². The van der Waals surface area contributed by atoms with Gasteiger partial charge in [-0.15, -0.1) is 0 Å². The van der Waals surface area contributed by atoms with Gasteiger partial charge in [-0.3, -0.25) is 9.59 Å². The van der Waals surface area contributed by atoms with Gasteiger partial charge in [-0.2, -0.15) is 4.98 Å². The molecule has 2 aliphatic rings. The predicted molar refractivity (Wildman–Crippen MR) is 87.2 cm³/mol. The van der Waals surface area contributed by atoms with E-state index in [1.807, 2.05) is 0 Å². The highest BCUT2D eigenvalue weighted by Gasteiger charge is 2.36. The van der Waals surface area contributed by atoms with E-state index in [9.17, 15) is 9.59 Å². The van der Waals surface area contributed by atoms with Crippen LogP contribution in [-0.2, 0) is 11.3 Å². The van der Waals surface area contributed by atoms with Gasteiger partial charge < -0.3 is 18.7 Å². The van der Waals surface area contributed by atoms with Crippen LogP contribution in [0, 0.1) is 0 Å². The van der Waals surface area contributed by atoms with Gasteiger partial charge in [-0.1, -0.05) is 5.16 Å². The Morgan fingerprint density at radius 3 is 3.00 bits per heavy atom. The van der Waals surface area contributed by atoms with E-state index in [0.717, 1.165) is 31.5 Å². The molecule has 0 spiro atoms. The summed E-state index contributed by atoms with van der Waals surface area (Å²) in [6.07, 6.45) is 5.47. The Hall–Kier alpha value is -2.64. The van der Waals surface area contributed by atoms with Crippen molar-refractivity contribution >= 4 is 5.91 Å². The van der Waals surface area contributed by atoms with E-state index in [-0.39, 0.29) is 29.8 Å². The third-order valence-corrected chi connectivity index (χ3v) is 4.77. The van der Waals surface area contributed by atoms with Gasteiger partial charge in [0.1, 0.15) is 12.6 Å². The van der Waals surface area contributed by atoms with Gasteiger partial charge in [-0.05, 0) is 37.8 Å². The number of carbonyl (C=O) groups excluding carboxylic acids is 1. The zero-order chi connectivity index (χ0) is 17.4. The van der Waals surface area contributed by atoms with Gasteiger partial charge in [-0.25, -0.2) is 0 Å². The second-order valence-electron chi connectivity index (χ2n) is 6.52. The number of nitrogens with zero attached hydrogens (tertiary/aromatic N) is 4. The lowest BCUT2D eigenvalue weighted by Gasteiger charge is -2.22. The molecule has 132 valence electrons. The minimum absolute atomic E-state index is 0.0316. The molecule has 2 aromatic rings. The SMILES string of the molecule is COc1cccn(CC(=O)N2CCC[C@H]2c2nc(C3CC3)no2)c1=O. The molecule has 0 bridgehead atoms. The van der Waals surface area contributed by atoms with E-state index >= 15 is 0 Å². The number of carbonyl (C=O) groups is 1. The van der Waals surface area contributed by atoms with Crippen molar-refractivity contribution in [1.82, 2.24) is 19.6 Å². The Kier molecular flexibility index (Phi) is 4.03. The number of pyridine rings is 1. The largest absolute Gasteiger partial charge is 0.491 e. The molecule has 1 saturated carbocycles. The summed E-state index contributed by atoms with van der Waals surface area (Å²) in [6, 6.07) is 3.07. The second-order valence-corrected chi connectivity index (χ2v) is 6.52. The Balaban J connectivity index is 1.51. The number of hydrogen-bond donors (Lipinski definition) is 0. The number of methoxy groups -OCH3 is 1. The normalized spacial score (nSPS) is 20.0. The summed E-state index contributed by atoms with van der Waals surface area (Å²) in [5, 5.41) is 4.04. The molecule has 8 nitrogen and oxygen atoms in total. The lowest BCUT2D eigenvalue weighted by molar-refractivity contribution is -0.133. The maximum absolute atomic E-state index is 12.7. The van der Waals surface area contributed by atoms with Crippen molar-refractivity contribution < 1.29 is 14.1 Å². The van der Waals surface area contributed by atoms with Gasteiger partial charge >= 0.3 is 0 Å². The molecular weight excluding hydrogens is 324 g/mol. The topological polar surface area (TPSA) is 90.5 Å². The van der Waals surface area contributed by atoms with Crippen LogP contribution in [0.15, 0.2) is 27.6 Å². The molecule has 0 N–H and O–H groups in total. The standard InChI is InChI=1S/C17H20N4O4/c1-24-13-5-3-8-20(17(13)23)10-14(22)21-9-2-4-12(21)16-18-15(19-25-16)11-6-7-11/h3,5,8,11-12H,2,4,6-7,9-10H2,1H3/t12-/m0/s1. The molecule has 1 aliphatic carbocycles. The molecule has 4 rings (SSSR count). The van der Waals surface area contributed by atoms with E-state index in [4.69, 9.17) is 9.26 Å². The number of ether oxygens (including phenoxy) is 1. The lowest BCUT2D eigenvalue weighted by Crippen LogP contribution is -2.36. The molecule has 25 heavy (non-hydrogen) atoms. The third kappa shape index (κ3) is 3.04. The lowest BCUT2D eigenvalue weighted by atomic mass is 10.2. The fraction of sp³-hybridized carbons (Fsp3) is 0.529. The Labute approximate surface area is 144 Å². The molecule has 1 amide bonds. The van der Waals surface area contributed by atoms with Crippen molar-refractivity contribution in [3.8, 4) is 5.75 Å². The van der Waals surface area contributed by atoms with Crippen LogP contribution >= 0.6 is 0 Å². The molecule has 2 aromatic heterocycles. The minimum atomic E-state index is -0.317. The van der Waals surface area contributed by atoms with Crippen LogP contribution < -0.4 is 10.3 Å². The van der Waals surface area contributed by atoms with Crippen LogP contribution in [-0.4, -0.2) is 39.2 Å². The van der Waals surface area contributed by atoms with E-state index in [1.54, 1.807) is 23.2 Å². The fourth-order valence-corrected chi connectivity index (χ4v) is 3.24. The van der Waals surface area contributed by atoms with Crippen LogP contribution in [0.1, 0.15) is 49.4 Å². The highest BCUT2D eigenvalue weighted by atomic mass is 16.5. The molecular formula is C17H20N4O4. The molecule has 1 atom stereocenters. The summed E-state index contributed by atoms with van der Waals surface area (Å²) in [5.74, 6) is 1.76. The summed E-state index contributed by atoms with van der Waals surface area (Å²) in [5.41, 5.74) is -0.317. The molecule has 0 radical (unpaired) electrons.